The second-order valence-corrected chi connectivity index (χ2v) is 10.1. The Bertz CT molecular complexity index is 1210. The molecule has 0 fully saturated rings. The van der Waals surface area contributed by atoms with Gasteiger partial charge in [-0.3, -0.25) is 0 Å². The molecule has 2 rings (SSSR count). The molecule has 38 heavy (non-hydrogen) atoms. The Hall–Kier alpha value is -3.93. The van der Waals surface area contributed by atoms with Gasteiger partial charge in [-0.1, -0.05) is 48.9 Å². The largest absolute Gasteiger partial charge is 0.508 e. The molecule has 0 aliphatic rings. The van der Waals surface area contributed by atoms with E-state index in [1.54, 1.807) is 37.3 Å². The number of sulfone groups is 1. The lowest BCUT2D eigenvalue weighted by Gasteiger charge is -2.16. The fourth-order valence-electron chi connectivity index (χ4n) is 3.45. The van der Waals surface area contributed by atoms with Crippen LogP contribution in [0.5, 0.6) is 0 Å². The molecule has 0 saturated carbocycles. The molecule has 0 radical (unpaired) electrons. The molecule has 0 heterocycles. The molecule has 11 nitrogen and oxygen atoms in total. The first kappa shape index (κ1) is 30.3. The molecule has 0 aliphatic carbocycles. The molecule has 206 valence electrons. The number of rotatable bonds is 15. The topological polar surface area (TPSA) is 148 Å². The number of hydrogen-bond donors (Lipinski definition) is 0. The van der Waals surface area contributed by atoms with Gasteiger partial charge in [-0.25, -0.2) is 18.0 Å². The van der Waals surface area contributed by atoms with E-state index in [0.29, 0.717) is 42.4 Å². The average Bonchev–Trinajstić information content (AvgIpc) is 2.88. The molecule has 0 N–H and O–H groups in total. The molecule has 0 unspecified atom stereocenters. The van der Waals surface area contributed by atoms with Crippen molar-refractivity contribution in [2.75, 3.05) is 32.7 Å². The molecule has 0 amide bonds. The molecule has 0 atom stereocenters. The average molecular weight is 550 g/mol. The highest BCUT2D eigenvalue weighted by Crippen LogP contribution is 2.29. The van der Waals surface area contributed by atoms with E-state index in [-0.39, 0.29) is 36.9 Å². The Morgan fingerprint density at radius 2 is 1.47 bits per heavy atom. The quantitative estimate of drug-likeness (QED) is 0.0777. The van der Waals surface area contributed by atoms with Gasteiger partial charge in [-0.15, -0.1) is 10.1 Å². The predicted molar refractivity (Wildman–Crippen MR) is 138 cm³/mol. The van der Waals surface area contributed by atoms with E-state index < -0.39 is 27.0 Å². The summed E-state index contributed by atoms with van der Waals surface area (Å²) in [5, 5.41) is 9.28. The van der Waals surface area contributed by atoms with Gasteiger partial charge in [0.2, 0.25) is 0 Å². The van der Waals surface area contributed by atoms with E-state index in [1.807, 2.05) is 0 Å². The SMILES string of the molecule is CCOC(=O)C(=C(COC(=O)OCCCCCCO[N+](=O)[O-])c1ccc(S(C)(=O)=O)cc1)c1ccccc1. The van der Waals surface area contributed by atoms with Crippen LogP contribution >= 0.6 is 0 Å². The van der Waals surface area contributed by atoms with Gasteiger partial charge in [0.05, 0.1) is 30.3 Å². The Labute approximate surface area is 221 Å². The molecular weight excluding hydrogens is 518 g/mol. The number of ether oxygens (including phenoxy) is 3. The summed E-state index contributed by atoms with van der Waals surface area (Å²) < 4.78 is 39.5. The highest BCUT2D eigenvalue weighted by atomic mass is 32.2. The minimum atomic E-state index is -3.44. The van der Waals surface area contributed by atoms with E-state index in [9.17, 15) is 28.1 Å². The summed E-state index contributed by atoms with van der Waals surface area (Å²) in [5.74, 6) is -0.626. The first-order chi connectivity index (χ1) is 18.1. The smallest absolute Gasteiger partial charge is 0.462 e. The lowest BCUT2D eigenvalue weighted by molar-refractivity contribution is -0.757. The first-order valence-electron chi connectivity index (χ1n) is 12.0. The minimum Gasteiger partial charge on any atom is -0.462 e. The molecule has 12 heteroatoms. The van der Waals surface area contributed by atoms with E-state index in [0.717, 1.165) is 6.26 Å². The van der Waals surface area contributed by atoms with Crippen molar-refractivity contribution in [1.29, 1.82) is 0 Å². The van der Waals surface area contributed by atoms with Gasteiger partial charge in [-0.05, 0) is 49.4 Å². The van der Waals surface area contributed by atoms with Gasteiger partial charge in [0.25, 0.3) is 5.09 Å². The van der Waals surface area contributed by atoms with Crippen LogP contribution in [-0.4, -0.2) is 58.3 Å². The van der Waals surface area contributed by atoms with E-state index >= 15 is 0 Å². The Morgan fingerprint density at radius 3 is 2.05 bits per heavy atom. The molecule has 2 aromatic carbocycles. The van der Waals surface area contributed by atoms with Gasteiger partial charge in [0, 0.05) is 11.8 Å². The summed E-state index contributed by atoms with van der Waals surface area (Å²) in [6.45, 7) is 1.56. The molecule has 0 aromatic heterocycles. The van der Waals surface area contributed by atoms with Gasteiger partial charge < -0.3 is 19.0 Å². The van der Waals surface area contributed by atoms with Crippen LogP contribution in [0.1, 0.15) is 43.7 Å². The number of benzene rings is 2. The number of unbranched alkanes of at least 4 members (excludes halogenated alkanes) is 3. The van der Waals surface area contributed by atoms with Crippen molar-refractivity contribution >= 4 is 33.1 Å². The zero-order valence-corrected chi connectivity index (χ0v) is 22.1. The Kier molecular flexibility index (Phi) is 12.2. The summed E-state index contributed by atoms with van der Waals surface area (Å²) in [4.78, 5) is 39.7. The van der Waals surface area contributed by atoms with E-state index in [1.165, 1.54) is 24.3 Å². The van der Waals surface area contributed by atoms with E-state index in [2.05, 4.69) is 4.84 Å². The summed E-state index contributed by atoms with van der Waals surface area (Å²) >= 11 is 0. The zero-order valence-electron chi connectivity index (χ0n) is 21.3. The van der Waals surface area contributed by atoms with E-state index in [4.69, 9.17) is 14.2 Å². The highest BCUT2D eigenvalue weighted by Gasteiger charge is 2.22. The molecule has 0 bridgehead atoms. The van der Waals surface area contributed by atoms with Crippen LogP contribution in [0.3, 0.4) is 0 Å². The van der Waals surface area contributed by atoms with Crippen molar-refractivity contribution in [1.82, 2.24) is 0 Å². The van der Waals surface area contributed by atoms with Crippen molar-refractivity contribution in [3.05, 3.63) is 75.8 Å². The summed E-state index contributed by atoms with van der Waals surface area (Å²) in [6, 6.07) is 14.6. The van der Waals surface area contributed by atoms with Gasteiger partial charge in [0.15, 0.2) is 9.84 Å². The maximum atomic E-state index is 13.0. The molecule has 2 aromatic rings. The number of nitrogens with zero attached hydrogens (tertiary/aromatic N) is 1. The van der Waals surface area contributed by atoms with Crippen molar-refractivity contribution in [2.24, 2.45) is 0 Å². The second kappa shape index (κ2) is 15.4. The van der Waals surface area contributed by atoms with Crippen LogP contribution in [0.25, 0.3) is 11.1 Å². The Balaban J connectivity index is 2.18. The van der Waals surface area contributed by atoms with Gasteiger partial charge >= 0.3 is 12.1 Å². The second-order valence-electron chi connectivity index (χ2n) is 8.09. The first-order valence-corrected chi connectivity index (χ1v) is 13.9. The maximum Gasteiger partial charge on any atom is 0.508 e. The van der Waals surface area contributed by atoms with Crippen LogP contribution in [0.15, 0.2) is 59.5 Å². The number of esters is 1. The van der Waals surface area contributed by atoms with Crippen molar-refractivity contribution in [3.8, 4) is 0 Å². The monoisotopic (exact) mass is 549 g/mol. The standard InChI is InChI=1S/C26H31NO10S/c1-3-34-25(28)24(21-11-7-6-8-12-21)23(20-13-15-22(16-14-20)38(2,32)33)19-36-26(29)35-17-9-4-5-10-18-37-27(30)31/h6-8,11-16H,3-5,9-10,17-19H2,1-2H3. The molecular formula is C26H31NO10S. The van der Waals surface area contributed by atoms with Crippen molar-refractivity contribution in [2.45, 2.75) is 37.5 Å². The van der Waals surface area contributed by atoms with Crippen LogP contribution in [0.2, 0.25) is 0 Å². The third-order valence-electron chi connectivity index (χ3n) is 5.26. The van der Waals surface area contributed by atoms with Crippen LogP contribution in [0, 0.1) is 10.1 Å². The predicted octanol–water partition coefficient (Wildman–Crippen LogP) is 4.49. The highest BCUT2D eigenvalue weighted by molar-refractivity contribution is 7.90. The van der Waals surface area contributed by atoms with Crippen molar-refractivity contribution in [3.63, 3.8) is 0 Å². The van der Waals surface area contributed by atoms with Crippen LogP contribution < -0.4 is 0 Å². The fourth-order valence-corrected chi connectivity index (χ4v) is 4.08. The third-order valence-corrected chi connectivity index (χ3v) is 6.39. The van der Waals surface area contributed by atoms with Gasteiger partial charge in [0.1, 0.15) is 6.61 Å². The van der Waals surface area contributed by atoms with Crippen molar-refractivity contribution < 1.29 is 42.1 Å². The third kappa shape index (κ3) is 10.2. The lowest BCUT2D eigenvalue weighted by Crippen LogP contribution is -2.15. The zero-order chi connectivity index (χ0) is 28.0. The van der Waals surface area contributed by atoms with Crippen LogP contribution in [0.4, 0.5) is 4.79 Å². The van der Waals surface area contributed by atoms with Gasteiger partial charge in [-0.2, -0.15) is 0 Å². The minimum absolute atomic E-state index is 0.0143. The number of hydrogen-bond acceptors (Lipinski definition) is 10. The number of carbonyl (C=O) groups is 2. The summed E-state index contributed by atoms with van der Waals surface area (Å²) in [6.07, 6.45) is 2.53. The lowest BCUT2D eigenvalue weighted by atomic mass is 9.95. The Morgan fingerprint density at radius 1 is 0.842 bits per heavy atom. The molecule has 0 spiro atoms. The molecule has 0 aliphatic heterocycles. The normalized spacial score (nSPS) is 11.7. The summed E-state index contributed by atoms with van der Waals surface area (Å²) in [5.41, 5.74) is 1.49. The summed E-state index contributed by atoms with van der Waals surface area (Å²) in [7, 11) is -3.44. The number of carbonyl (C=O) groups excluding carboxylic acids is 2. The maximum absolute atomic E-state index is 13.0. The van der Waals surface area contributed by atoms with Crippen LogP contribution in [-0.2, 0) is 33.7 Å². The molecule has 0 saturated heterocycles. The fraction of sp³-hybridized carbons (Fsp3) is 0.385.